The number of aromatic carboxylic acids is 1. The molecule has 0 saturated carbocycles. The number of aryl methyl sites for hydroxylation is 1. The maximum absolute atomic E-state index is 12.7. The lowest BCUT2D eigenvalue weighted by Gasteiger charge is -2.14. The number of amides is 1. The highest BCUT2D eigenvalue weighted by Crippen LogP contribution is 2.36. The largest absolute Gasteiger partial charge is 0.478 e. The Morgan fingerprint density at radius 2 is 1.83 bits per heavy atom. The van der Waals surface area contributed by atoms with Crippen LogP contribution in [0, 0.1) is 6.92 Å². The average molecular weight is 355 g/mol. The zero-order chi connectivity index (χ0) is 17.3. The van der Waals surface area contributed by atoms with Crippen molar-refractivity contribution in [1.29, 1.82) is 0 Å². The van der Waals surface area contributed by atoms with Crippen LogP contribution in [0.4, 0.5) is 5.69 Å². The van der Waals surface area contributed by atoms with Crippen molar-refractivity contribution >= 4 is 51.9 Å². The molecule has 1 aliphatic rings. The predicted octanol–water partition coefficient (Wildman–Crippen LogP) is 4.10. The van der Waals surface area contributed by atoms with Gasteiger partial charge in [-0.15, -0.1) is 0 Å². The van der Waals surface area contributed by atoms with E-state index in [1.54, 1.807) is 12.1 Å². The van der Waals surface area contributed by atoms with Gasteiger partial charge in [-0.25, -0.2) is 4.79 Å². The molecule has 0 unspecified atom stereocenters. The lowest BCUT2D eigenvalue weighted by molar-refractivity contribution is -0.113. The van der Waals surface area contributed by atoms with Gasteiger partial charge in [0.25, 0.3) is 5.91 Å². The fourth-order valence-corrected chi connectivity index (χ4v) is 3.62. The van der Waals surface area contributed by atoms with Gasteiger partial charge in [-0.05, 0) is 48.4 Å². The molecule has 0 aromatic heterocycles. The molecule has 1 aliphatic heterocycles. The molecule has 4 nitrogen and oxygen atoms in total. The number of carbonyl (C=O) groups is 2. The monoisotopic (exact) mass is 355 g/mol. The van der Waals surface area contributed by atoms with Crippen LogP contribution in [-0.2, 0) is 4.79 Å². The number of benzene rings is 2. The number of hydrogen-bond acceptors (Lipinski definition) is 4. The van der Waals surface area contributed by atoms with Crippen LogP contribution in [0.3, 0.4) is 0 Å². The number of rotatable bonds is 3. The van der Waals surface area contributed by atoms with Crippen molar-refractivity contribution in [3.8, 4) is 0 Å². The first kappa shape index (κ1) is 16.4. The van der Waals surface area contributed by atoms with Crippen LogP contribution in [0.25, 0.3) is 6.08 Å². The van der Waals surface area contributed by atoms with E-state index >= 15 is 0 Å². The molecular formula is C18H13NO3S2. The van der Waals surface area contributed by atoms with E-state index < -0.39 is 5.97 Å². The Labute approximate surface area is 148 Å². The fourth-order valence-electron chi connectivity index (χ4n) is 2.33. The molecule has 2 aromatic rings. The molecule has 6 heteroatoms. The molecule has 1 heterocycles. The smallest absolute Gasteiger partial charge is 0.335 e. The van der Waals surface area contributed by atoms with Gasteiger partial charge in [-0.2, -0.15) is 0 Å². The van der Waals surface area contributed by atoms with Gasteiger partial charge in [0.15, 0.2) is 4.32 Å². The molecule has 0 spiro atoms. The van der Waals surface area contributed by atoms with Crippen LogP contribution in [0.2, 0.25) is 0 Å². The summed E-state index contributed by atoms with van der Waals surface area (Å²) in [6.07, 6.45) is 1.83. The van der Waals surface area contributed by atoms with Gasteiger partial charge < -0.3 is 5.11 Å². The highest BCUT2D eigenvalue weighted by Gasteiger charge is 2.33. The van der Waals surface area contributed by atoms with E-state index in [1.807, 2.05) is 37.3 Å². The van der Waals surface area contributed by atoms with Crippen LogP contribution < -0.4 is 4.90 Å². The Morgan fingerprint density at radius 1 is 1.17 bits per heavy atom. The molecular weight excluding hydrogens is 342 g/mol. The standard InChI is InChI=1S/C18H13NO3S2/c1-11-4-2-3-5-13(11)10-15-16(20)19(18(23)24-15)14-8-6-12(7-9-14)17(21)22/h2-10H,1H3,(H,21,22)/b15-10-. The fraction of sp³-hybridized carbons (Fsp3) is 0.0556. The number of anilines is 1. The number of carboxylic acids is 1. The Kier molecular flexibility index (Phi) is 4.51. The summed E-state index contributed by atoms with van der Waals surface area (Å²) in [5, 5.41) is 8.96. The van der Waals surface area contributed by atoms with E-state index in [9.17, 15) is 9.59 Å². The molecule has 0 aliphatic carbocycles. The number of carboxylic acid groups (broad SMARTS) is 1. The lowest BCUT2D eigenvalue weighted by atomic mass is 10.1. The second kappa shape index (κ2) is 6.59. The average Bonchev–Trinajstić information content (AvgIpc) is 2.84. The maximum Gasteiger partial charge on any atom is 0.335 e. The molecule has 1 amide bonds. The van der Waals surface area contributed by atoms with Crippen molar-refractivity contribution in [3.05, 3.63) is 70.1 Å². The van der Waals surface area contributed by atoms with Crippen molar-refractivity contribution in [2.24, 2.45) is 0 Å². The quantitative estimate of drug-likeness (QED) is 0.663. The van der Waals surface area contributed by atoms with Gasteiger partial charge in [0.05, 0.1) is 16.2 Å². The van der Waals surface area contributed by atoms with Crippen molar-refractivity contribution in [2.75, 3.05) is 4.90 Å². The lowest BCUT2D eigenvalue weighted by Crippen LogP contribution is -2.27. The minimum absolute atomic E-state index is 0.166. The Morgan fingerprint density at radius 3 is 2.46 bits per heavy atom. The molecule has 120 valence electrons. The Bertz CT molecular complexity index is 872. The molecule has 1 N–H and O–H groups in total. The Balaban J connectivity index is 1.92. The van der Waals surface area contributed by atoms with Gasteiger partial charge in [0, 0.05) is 0 Å². The van der Waals surface area contributed by atoms with Crippen LogP contribution in [0.15, 0.2) is 53.4 Å². The molecule has 0 atom stereocenters. The maximum atomic E-state index is 12.7. The van der Waals surface area contributed by atoms with E-state index in [0.29, 0.717) is 14.9 Å². The summed E-state index contributed by atoms with van der Waals surface area (Å²) in [5.74, 6) is -1.21. The van der Waals surface area contributed by atoms with Crippen LogP contribution in [-0.4, -0.2) is 21.3 Å². The molecule has 0 radical (unpaired) electrons. The number of carbonyl (C=O) groups excluding carboxylic acids is 1. The van der Waals surface area contributed by atoms with E-state index in [2.05, 4.69) is 0 Å². The minimum atomic E-state index is -1.01. The molecule has 24 heavy (non-hydrogen) atoms. The van der Waals surface area contributed by atoms with Gasteiger partial charge in [-0.1, -0.05) is 48.2 Å². The van der Waals surface area contributed by atoms with Gasteiger partial charge in [0.2, 0.25) is 0 Å². The van der Waals surface area contributed by atoms with E-state index in [4.69, 9.17) is 17.3 Å². The van der Waals surface area contributed by atoms with Crippen molar-refractivity contribution in [1.82, 2.24) is 0 Å². The van der Waals surface area contributed by atoms with Crippen LogP contribution >= 0.6 is 24.0 Å². The highest BCUT2D eigenvalue weighted by molar-refractivity contribution is 8.27. The van der Waals surface area contributed by atoms with Crippen LogP contribution in [0.5, 0.6) is 0 Å². The SMILES string of the molecule is Cc1ccccc1/C=C1\SC(=S)N(c2ccc(C(=O)O)cc2)C1=O. The number of hydrogen-bond donors (Lipinski definition) is 1. The summed E-state index contributed by atoms with van der Waals surface area (Å²) in [7, 11) is 0. The third-order valence-electron chi connectivity index (χ3n) is 3.64. The molecule has 1 fully saturated rings. The van der Waals surface area contributed by atoms with E-state index in [1.165, 1.54) is 28.8 Å². The summed E-state index contributed by atoms with van der Waals surface area (Å²) in [5.41, 5.74) is 2.78. The van der Waals surface area contributed by atoms with Crippen molar-refractivity contribution < 1.29 is 14.7 Å². The third-order valence-corrected chi connectivity index (χ3v) is 4.94. The first-order valence-corrected chi connectivity index (χ1v) is 8.37. The number of thioether (sulfide) groups is 1. The summed E-state index contributed by atoms with van der Waals surface area (Å²) in [4.78, 5) is 25.6. The normalized spacial score (nSPS) is 16.0. The second-order valence-corrected chi connectivity index (χ2v) is 6.90. The van der Waals surface area contributed by atoms with Crippen molar-refractivity contribution in [3.63, 3.8) is 0 Å². The number of thiocarbonyl (C=S) groups is 1. The summed E-state index contributed by atoms with van der Waals surface area (Å²) >= 11 is 6.56. The van der Waals surface area contributed by atoms with E-state index in [0.717, 1.165) is 11.1 Å². The Hall–Kier alpha value is -2.44. The zero-order valence-corrected chi connectivity index (χ0v) is 14.4. The molecule has 0 bridgehead atoms. The molecule has 1 saturated heterocycles. The first-order valence-electron chi connectivity index (χ1n) is 7.14. The molecule has 3 rings (SSSR count). The van der Waals surface area contributed by atoms with Gasteiger partial charge in [-0.3, -0.25) is 9.69 Å². The molecule has 2 aromatic carbocycles. The first-order chi connectivity index (χ1) is 11.5. The topological polar surface area (TPSA) is 57.6 Å². The zero-order valence-electron chi connectivity index (χ0n) is 12.7. The van der Waals surface area contributed by atoms with Crippen molar-refractivity contribution in [2.45, 2.75) is 6.92 Å². The number of nitrogens with zero attached hydrogens (tertiary/aromatic N) is 1. The predicted molar refractivity (Wildman–Crippen MR) is 100 cm³/mol. The third kappa shape index (κ3) is 3.11. The summed E-state index contributed by atoms with van der Waals surface area (Å²) < 4.78 is 0.433. The van der Waals surface area contributed by atoms with E-state index in [-0.39, 0.29) is 11.5 Å². The summed E-state index contributed by atoms with van der Waals surface area (Å²) in [6, 6.07) is 13.9. The van der Waals surface area contributed by atoms with Crippen LogP contribution in [0.1, 0.15) is 21.5 Å². The second-order valence-electron chi connectivity index (χ2n) is 5.23. The minimum Gasteiger partial charge on any atom is -0.478 e. The van der Waals surface area contributed by atoms with Gasteiger partial charge in [0.1, 0.15) is 0 Å². The summed E-state index contributed by atoms with van der Waals surface area (Å²) in [6.45, 7) is 1.98. The highest BCUT2D eigenvalue weighted by atomic mass is 32.2. The van der Waals surface area contributed by atoms with Gasteiger partial charge >= 0.3 is 5.97 Å².